The van der Waals surface area contributed by atoms with Crippen LogP contribution in [0.3, 0.4) is 0 Å². The van der Waals surface area contributed by atoms with Crippen LogP contribution in [0.25, 0.3) is 42.1 Å². The van der Waals surface area contributed by atoms with E-state index >= 15 is 0 Å². The number of thiophene rings is 1. The Bertz CT molecular complexity index is 2050. The molecule has 0 amide bonds. The van der Waals surface area contributed by atoms with E-state index in [0.29, 0.717) is 0 Å². The molecule has 0 atom stereocenters. The molecule has 0 saturated carbocycles. The predicted octanol–water partition coefficient (Wildman–Crippen LogP) is 11.0. The lowest BCUT2D eigenvalue weighted by Gasteiger charge is -2.30. The SMILES string of the molecule is CC1(C)c2ccccc2-c2c(N(c3ccccc3)c3cc4sc5ccccc5c4c4ccccc34)cccc21. The van der Waals surface area contributed by atoms with Gasteiger partial charge in [-0.15, -0.1) is 11.3 Å². The maximum absolute atomic E-state index is 2.49. The molecule has 6 aromatic carbocycles. The monoisotopic (exact) mass is 517 g/mol. The molecule has 1 aromatic heterocycles. The molecule has 8 rings (SSSR count). The summed E-state index contributed by atoms with van der Waals surface area (Å²) in [6.07, 6.45) is 0. The summed E-state index contributed by atoms with van der Waals surface area (Å²) in [5, 5.41) is 5.26. The van der Waals surface area contributed by atoms with Crippen molar-refractivity contribution in [3.05, 3.63) is 139 Å². The van der Waals surface area contributed by atoms with Crippen LogP contribution in [0.15, 0.2) is 127 Å². The second kappa shape index (κ2) is 8.30. The fourth-order valence-corrected chi connectivity index (χ4v) is 7.82. The first-order valence-corrected chi connectivity index (χ1v) is 14.4. The molecule has 1 heterocycles. The molecule has 0 bridgehead atoms. The van der Waals surface area contributed by atoms with E-state index in [4.69, 9.17) is 0 Å². The Labute approximate surface area is 232 Å². The molecular weight excluding hydrogens is 490 g/mol. The lowest BCUT2D eigenvalue weighted by Crippen LogP contribution is -2.16. The van der Waals surface area contributed by atoms with Gasteiger partial charge in [-0.1, -0.05) is 111 Å². The van der Waals surface area contributed by atoms with E-state index in [9.17, 15) is 0 Å². The third-order valence-corrected chi connectivity index (χ3v) is 9.56. The zero-order valence-electron chi connectivity index (χ0n) is 22.0. The Morgan fingerprint density at radius 3 is 2.05 bits per heavy atom. The summed E-state index contributed by atoms with van der Waals surface area (Å²) in [7, 11) is 0. The first-order valence-electron chi connectivity index (χ1n) is 13.5. The van der Waals surface area contributed by atoms with Crippen LogP contribution in [0.1, 0.15) is 25.0 Å². The topological polar surface area (TPSA) is 3.24 Å². The second-order valence-corrected chi connectivity index (χ2v) is 12.0. The molecule has 39 heavy (non-hydrogen) atoms. The van der Waals surface area contributed by atoms with Crippen LogP contribution >= 0.6 is 11.3 Å². The number of hydrogen-bond donors (Lipinski definition) is 0. The normalized spacial score (nSPS) is 13.6. The fourth-order valence-electron chi connectivity index (χ4n) is 6.66. The van der Waals surface area contributed by atoms with Gasteiger partial charge in [-0.3, -0.25) is 0 Å². The molecule has 1 aliphatic rings. The minimum atomic E-state index is -0.0538. The van der Waals surface area contributed by atoms with Crippen LogP contribution in [-0.2, 0) is 5.41 Å². The van der Waals surface area contributed by atoms with E-state index in [1.54, 1.807) is 0 Å². The highest BCUT2D eigenvalue weighted by Gasteiger charge is 2.37. The van der Waals surface area contributed by atoms with Gasteiger partial charge < -0.3 is 4.90 Å². The van der Waals surface area contributed by atoms with Crippen LogP contribution in [0.4, 0.5) is 17.1 Å². The average molecular weight is 518 g/mol. The van der Waals surface area contributed by atoms with Crippen LogP contribution in [0, 0.1) is 0 Å². The smallest absolute Gasteiger partial charge is 0.0554 e. The van der Waals surface area contributed by atoms with Crippen LogP contribution in [0.5, 0.6) is 0 Å². The van der Waals surface area contributed by atoms with E-state index in [2.05, 4.69) is 146 Å². The van der Waals surface area contributed by atoms with Crippen LogP contribution in [-0.4, -0.2) is 0 Å². The van der Waals surface area contributed by atoms with E-state index in [0.717, 1.165) is 0 Å². The molecule has 7 aromatic rings. The predicted molar refractivity (Wildman–Crippen MR) is 169 cm³/mol. The van der Waals surface area contributed by atoms with Gasteiger partial charge in [-0.2, -0.15) is 0 Å². The molecule has 186 valence electrons. The first-order chi connectivity index (χ1) is 19.1. The minimum Gasteiger partial charge on any atom is -0.309 e. The third kappa shape index (κ3) is 3.19. The molecule has 0 aliphatic heterocycles. The average Bonchev–Trinajstić information content (AvgIpc) is 3.47. The Hall–Kier alpha value is -4.40. The lowest BCUT2D eigenvalue weighted by molar-refractivity contribution is 0.660. The quantitative estimate of drug-likeness (QED) is 0.225. The van der Waals surface area contributed by atoms with Gasteiger partial charge in [0.2, 0.25) is 0 Å². The van der Waals surface area contributed by atoms with Gasteiger partial charge in [0.25, 0.3) is 0 Å². The van der Waals surface area contributed by atoms with Crippen molar-refractivity contribution in [1.82, 2.24) is 0 Å². The molecule has 1 aliphatic carbocycles. The number of rotatable bonds is 3. The van der Waals surface area contributed by atoms with E-state index in [-0.39, 0.29) is 5.41 Å². The number of para-hydroxylation sites is 1. The van der Waals surface area contributed by atoms with Gasteiger partial charge in [0.15, 0.2) is 0 Å². The molecule has 0 unspecified atom stereocenters. The molecule has 0 N–H and O–H groups in total. The van der Waals surface area contributed by atoms with Crippen molar-refractivity contribution in [2.45, 2.75) is 19.3 Å². The molecule has 2 heteroatoms. The van der Waals surface area contributed by atoms with Gasteiger partial charge in [0.05, 0.1) is 11.4 Å². The summed E-state index contributed by atoms with van der Waals surface area (Å²) < 4.78 is 2.65. The number of anilines is 3. The van der Waals surface area contributed by atoms with Gasteiger partial charge in [0.1, 0.15) is 0 Å². The number of hydrogen-bond acceptors (Lipinski definition) is 2. The van der Waals surface area contributed by atoms with Crippen molar-refractivity contribution in [2.24, 2.45) is 0 Å². The standard InChI is InChI=1S/C37H27NS/c1-37(2)29-19-10-8-17-27(29)36-30(37)20-12-21-31(36)38(24-13-4-3-5-14-24)32-23-34-35(26-16-7-6-15-25(26)32)28-18-9-11-22-33(28)39-34/h3-23H,1-2H3. The van der Waals surface area contributed by atoms with Gasteiger partial charge >= 0.3 is 0 Å². The highest BCUT2D eigenvalue weighted by atomic mass is 32.1. The molecular formula is C37H27NS. The number of fused-ring (bicyclic) bond motifs is 8. The van der Waals surface area contributed by atoms with Crippen LogP contribution < -0.4 is 4.90 Å². The van der Waals surface area contributed by atoms with Crippen molar-refractivity contribution in [1.29, 1.82) is 0 Å². The summed E-state index contributed by atoms with van der Waals surface area (Å²) in [4.78, 5) is 2.49. The maximum Gasteiger partial charge on any atom is 0.0554 e. The zero-order chi connectivity index (χ0) is 26.1. The number of nitrogens with zero attached hydrogens (tertiary/aromatic N) is 1. The Kier molecular flexibility index (Phi) is 4.80. The van der Waals surface area contributed by atoms with Crippen LogP contribution in [0.2, 0.25) is 0 Å². The molecule has 0 saturated heterocycles. The highest BCUT2D eigenvalue weighted by Crippen LogP contribution is 2.55. The summed E-state index contributed by atoms with van der Waals surface area (Å²) in [6.45, 7) is 4.71. The second-order valence-electron chi connectivity index (χ2n) is 11.0. The summed E-state index contributed by atoms with van der Waals surface area (Å²) in [5.41, 5.74) is 9.00. The van der Waals surface area contributed by atoms with Crippen molar-refractivity contribution < 1.29 is 0 Å². The highest BCUT2D eigenvalue weighted by molar-refractivity contribution is 7.26. The Morgan fingerprint density at radius 1 is 0.538 bits per heavy atom. The summed E-state index contributed by atoms with van der Waals surface area (Å²) in [5.74, 6) is 0. The Morgan fingerprint density at radius 2 is 1.21 bits per heavy atom. The van der Waals surface area contributed by atoms with Gasteiger partial charge in [-0.05, 0) is 52.4 Å². The van der Waals surface area contributed by atoms with Crippen molar-refractivity contribution >= 4 is 59.3 Å². The molecule has 0 spiro atoms. The lowest BCUT2D eigenvalue weighted by atomic mass is 9.82. The van der Waals surface area contributed by atoms with Crippen molar-refractivity contribution in [3.63, 3.8) is 0 Å². The third-order valence-electron chi connectivity index (χ3n) is 8.44. The molecule has 0 fully saturated rings. The van der Waals surface area contributed by atoms with E-state index in [1.165, 1.54) is 70.3 Å². The first kappa shape index (κ1) is 22.6. The number of benzene rings is 6. The summed E-state index contributed by atoms with van der Waals surface area (Å²) >= 11 is 1.89. The van der Waals surface area contributed by atoms with Gasteiger partial charge in [-0.25, -0.2) is 0 Å². The van der Waals surface area contributed by atoms with Gasteiger partial charge in [0, 0.05) is 42.2 Å². The van der Waals surface area contributed by atoms with E-state index in [1.807, 2.05) is 11.3 Å². The largest absolute Gasteiger partial charge is 0.309 e. The summed E-state index contributed by atoms with van der Waals surface area (Å²) in [6, 6.07) is 46.8. The molecule has 0 radical (unpaired) electrons. The van der Waals surface area contributed by atoms with Crippen molar-refractivity contribution in [2.75, 3.05) is 4.90 Å². The van der Waals surface area contributed by atoms with E-state index < -0.39 is 0 Å². The fraction of sp³-hybridized carbons (Fsp3) is 0.0811. The minimum absolute atomic E-state index is 0.0538. The Balaban J connectivity index is 1.50. The van der Waals surface area contributed by atoms with Crippen molar-refractivity contribution in [3.8, 4) is 11.1 Å². The molecule has 1 nitrogen and oxygen atoms in total. The zero-order valence-corrected chi connectivity index (χ0v) is 22.8. The maximum atomic E-state index is 2.49.